The summed E-state index contributed by atoms with van der Waals surface area (Å²) in [6, 6.07) is 50.2. The van der Waals surface area contributed by atoms with E-state index in [0.717, 1.165) is 27.6 Å². The van der Waals surface area contributed by atoms with E-state index >= 15 is 0 Å². The maximum atomic E-state index is 6.07. The molecule has 1 aliphatic carbocycles. The number of furan rings is 1. The Balaban J connectivity index is 1.08. The number of rotatable bonds is 4. The fourth-order valence-corrected chi connectivity index (χ4v) is 7.50. The van der Waals surface area contributed by atoms with Gasteiger partial charge in [-0.1, -0.05) is 129 Å². The first-order valence-corrected chi connectivity index (χ1v) is 16.1. The molecule has 2 N–H and O–H groups in total. The summed E-state index contributed by atoms with van der Waals surface area (Å²) in [6.07, 6.45) is 2.32. The Kier molecular flexibility index (Phi) is 6.06. The van der Waals surface area contributed by atoms with Gasteiger partial charge in [0.15, 0.2) is 0 Å². The van der Waals surface area contributed by atoms with Crippen LogP contribution in [0.1, 0.15) is 53.9 Å². The summed E-state index contributed by atoms with van der Waals surface area (Å²) in [5, 5.41) is 10.0. The van der Waals surface area contributed by atoms with Gasteiger partial charge in [0, 0.05) is 21.9 Å². The second kappa shape index (κ2) is 10.3. The van der Waals surface area contributed by atoms with Crippen LogP contribution < -0.4 is 10.6 Å². The predicted molar refractivity (Wildman–Crippen MR) is 189 cm³/mol. The van der Waals surface area contributed by atoms with Gasteiger partial charge in [0.1, 0.15) is 17.3 Å². The summed E-state index contributed by atoms with van der Waals surface area (Å²) in [5.74, 6) is 0. The van der Waals surface area contributed by atoms with Gasteiger partial charge in [-0.25, -0.2) is 0 Å². The molecule has 0 fully saturated rings. The van der Waals surface area contributed by atoms with E-state index in [9.17, 15) is 0 Å². The molecular formula is C43H34N2O. The van der Waals surface area contributed by atoms with Gasteiger partial charge in [0.25, 0.3) is 0 Å². The lowest BCUT2D eigenvalue weighted by atomic mass is 9.81. The van der Waals surface area contributed by atoms with E-state index in [1.165, 1.54) is 50.1 Å². The minimum absolute atomic E-state index is 0.0267. The maximum absolute atomic E-state index is 6.07. The smallest absolute Gasteiger partial charge is 0.135 e. The average Bonchev–Trinajstić information content (AvgIpc) is 3.60. The average molecular weight is 595 g/mol. The van der Waals surface area contributed by atoms with Crippen molar-refractivity contribution < 1.29 is 4.42 Å². The van der Waals surface area contributed by atoms with Gasteiger partial charge in [-0.3, -0.25) is 5.32 Å². The standard InChI is InChI=1S/C43H34N2O/c1-43(2)36-14-8-6-12-32(36)33-22-20-31(25-37(33)43)39-26-38(44-42(45-39)29-10-4-3-5-11-29)28-18-16-27(17-19-28)30-21-23-41-35(24-30)34-13-7-9-15-40(34)46-41/h3-26,38,42,44-45H,1-2H3. The topological polar surface area (TPSA) is 37.2 Å². The lowest BCUT2D eigenvalue weighted by molar-refractivity contribution is 0.442. The highest BCUT2D eigenvalue weighted by Gasteiger charge is 2.35. The molecule has 6 aromatic carbocycles. The highest BCUT2D eigenvalue weighted by atomic mass is 16.3. The van der Waals surface area contributed by atoms with E-state index in [4.69, 9.17) is 4.42 Å². The summed E-state index contributed by atoms with van der Waals surface area (Å²) < 4.78 is 6.07. The van der Waals surface area contributed by atoms with Crippen LogP contribution in [0, 0.1) is 0 Å². The second-order valence-electron chi connectivity index (χ2n) is 13.1. The van der Waals surface area contributed by atoms with Gasteiger partial charge in [-0.2, -0.15) is 0 Å². The minimum atomic E-state index is -0.0464. The van der Waals surface area contributed by atoms with Gasteiger partial charge in [0.2, 0.25) is 0 Å². The van der Waals surface area contributed by atoms with Crippen molar-refractivity contribution in [2.75, 3.05) is 0 Å². The Labute approximate surface area is 269 Å². The molecule has 9 rings (SSSR count). The molecule has 0 bridgehead atoms. The van der Waals surface area contributed by atoms with Crippen molar-refractivity contribution in [3.63, 3.8) is 0 Å². The molecule has 1 aliphatic heterocycles. The van der Waals surface area contributed by atoms with Crippen LogP contribution in [0.5, 0.6) is 0 Å². The molecule has 2 unspecified atom stereocenters. The van der Waals surface area contributed by atoms with Crippen LogP contribution in [0.2, 0.25) is 0 Å². The summed E-state index contributed by atoms with van der Waals surface area (Å²) in [6.45, 7) is 4.69. The quantitative estimate of drug-likeness (QED) is 0.213. The molecule has 2 heterocycles. The van der Waals surface area contributed by atoms with Crippen LogP contribution in [-0.2, 0) is 5.41 Å². The Hall–Kier alpha value is -5.38. The molecule has 0 amide bonds. The second-order valence-corrected chi connectivity index (χ2v) is 13.1. The Morgan fingerprint density at radius 3 is 2.11 bits per heavy atom. The Morgan fingerprint density at radius 1 is 0.543 bits per heavy atom. The summed E-state index contributed by atoms with van der Waals surface area (Å²) in [5.41, 5.74) is 14.4. The molecule has 222 valence electrons. The van der Waals surface area contributed by atoms with Gasteiger partial charge >= 0.3 is 0 Å². The van der Waals surface area contributed by atoms with E-state index < -0.39 is 0 Å². The third-order valence-corrected chi connectivity index (χ3v) is 9.99. The normalized spacial score (nSPS) is 18.2. The fourth-order valence-electron chi connectivity index (χ4n) is 7.50. The van der Waals surface area contributed by atoms with Crippen LogP contribution in [0.15, 0.2) is 150 Å². The highest BCUT2D eigenvalue weighted by Crippen LogP contribution is 2.49. The third-order valence-electron chi connectivity index (χ3n) is 9.99. The molecule has 7 aromatic rings. The van der Waals surface area contributed by atoms with Crippen LogP contribution in [0.4, 0.5) is 0 Å². The number of nitrogens with one attached hydrogen (secondary N) is 2. The zero-order valence-corrected chi connectivity index (χ0v) is 25.9. The molecule has 3 heteroatoms. The van der Waals surface area contributed by atoms with E-state index in [2.05, 4.69) is 158 Å². The van der Waals surface area contributed by atoms with Crippen molar-refractivity contribution >= 4 is 27.6 Å². The molecule has 2 atom stereocenters. The van der Waals surface area contributed by atoms with E-state index in [0.29, 0.717) is 0 Å². The van der Waals surface area contributed by atoms with Crippen molar-refractivity contribution in [1.29, 1.82) is 0 Å². The zero-order chi connectivity index (χ0) is 30.8. The van der Waals surface area contributed by atoms with Crippen molar-refractivity contribution in [2.24, 2.45) is 0 Å². The SMILES string of the molecule is CC1(C)c2ccccc2-c2ccc(C3=CC(c4ccc(-c5ccc6oc7ccccc7c6c5)cc4)NC(c4ccccc4)N3)cc21. The Bertz CT molecular complexity index is 2290. The van der Waals surface area contributed by atoms with Gasteiger partial charge < -0.3 is 9.73 Å². The molecular weight excluding hydrogens is 560 g/mol. The summed E-state index contributed by atoms with van der Waals surface area (Å²) in [7, 11) is 0. The number of para-hydroxylation sites is 1. The first-order chi connectivity index (χ1) is 22.5. The number of benzene rings is 6. The Morgan fingerprint density at radius 2 is 1.24 bits per heavy atom. The summed E-state index contributed by atoms with van der Waals surface area (Å²) >= 11 is 0. The van der Waals surface area contributed by atoms with E-state index in [1.807, 2.05) is 12.1 Å². The van der Waals surface area contributed by atoms with Crippen molar-refractivity contribution in [2.45, 2.75) is 31.5 Å². The molecule has 0 saturated heterocycles. The molecule has 2 aliphatic rings. The van der Waals surface area contributed by atoms with E-state index in [-0.39, 0.29) is 17.6 Å². The van der Waals surface area contributed by atoms with Crippen molar-refractivity contribution in [1.82, 2.24) is 10.6 Å². The summed E-state index contributed by atoms with van der Waals surface area (Å²) in [4.78, 5) is 0. The first-order valence-electron chi connectivity index (χ1n) is 16.1. The van der Waals surface area contributed by atoms with Crippen LogP contribution in [0.3, 0.4) is 0 Å². The van der Waals surface area contributed by atoms with Crippen LogP contribution >= 0.6 is 0 Å². The van der Waals surface area contributed by atoms with Gasteiger partial charge in [0.05, 0.1) is 6.04 Å². The number of hydrogen-bond acceptors (Lipinski definition) is 3. The third kappa shape index (κ3) is 4.31. The van der Waals surface area contributed by atoms with Crippen LogP contribution in [-0.4, -0.2) is 0 Å². The van der Waals surface area contributed by atoms with Crippen LogP contribution in [0.25, 0.3) is 49.9 Å². The minimum Gasteiger partial charge on any atom is -0.456 e. The van der Waals surface area contributed by atoms with E-state index in [1.54, 1.807) is 0 Å². The van der Waals surface area contributed by atoms with Gasteiger partial charge in [-0.15, -0.1) is 0 Å². The maximum Gasteiger partial charge on any atom is 0.135 e. The largest absolute Gasteiger partial charge is 0.456 e. The fraction of sp³-hybridized carbons (Fsp3) is 0.116. The number of hydrogen-bond donors (Lipinski definition) is 2. The zero-order valence-electron chi connectivity index (χ0n) is 25.9. The lowest BCUT2D eigenvalue weighted by Gasteiger charge is -2.33. The molecule has 0 saturated carbocycles. The predicted octanol–water partition coefficient (Wildman–Crippen LogP) is 10.5. The molecule has 1 aromatic heterocycles. The molecule has 46 heavy (non-hydrogen) atoms. The molecule has 0 spiro atoms. The monoisotopic (exact) mass is 594 g/mol. The first kappa shape index (κ1) is 27.0. The lowest BCUT2D eigenvalue weighted by Crippen LogP contribution is -2.39. The number of fused-ring (bicyclic) bond motifs is 6. The molecule has 0 radical (unpaired) electrons. The molecule has 3 nitrogen and oxygen atoms in total. The van der Waals surface area contributed by atoms with Crippen molar-refractivity contribution in [3.05, 3.63) is 173 Å². The van der Waals surface area contributed by atoms with Crippen molar-refractivity contribution in [3.8, 4) is 22.3 Å². The van der Waals surface area contributed by atoms with Gasteiger partial charge in [-0.05, 0) is 80.4 Å². The highest BCUT2D eigenvalue weighted by molar-refractivity contribution is 6.06.